The van der Waals surface area contributed by atoms with E-state index in [2.05, 4.69) is 20.1 Å². The van der Waals surface area contributed by atoms with Gasteiger partial charge in [-0.1, -0.05) is 12.8 Å². The van der Waals surface area contributed by atoms with Crippen molar-refractivity contribution in [2.24, 2.45) is 5.92 Å². The lowest BCUT2D eigenvalue weighted by molar-refractivity contribution is -0.142. The molecule has 1 unspecified atom stereocenters. The van der Waals surface area contributed by atoms with E-state index >= 15 is 0 Å². The van der Waals surface area contributed by atoms with Gasteiger partial charge in [0.1, 0.15) is 5.82 Å². The molecule has 1 aromatic rings. The largest absolute Gasteiger partial charge is 0.481 e. The van der Waals surface area contributed by atoms with E-state index in [4.69, 9.17) is 5.11 Å². The fraction of sp³-hybridized carbons (Fsp3) is 0.789. The van der Waals surface area contributed by atoms with Crippen LogP contribution in [0.5, 0.6) is 0 Å². The quantitative estimate of drug-likeness (QED) is 0.846. The van der Waals surface area contributed by atoms with Crippen LogP contribution in [0.4, 0.5) is 4.79 Å². The topological polar surface area (TPSA) is 100 Å². The SMILES string of the molecule is CC1c2nnc(C3CCCC3)n2CCN1C(=O)NC1CCC(C(=O)O)CC1. The Morgan fingerprint density at radius 2 is 1.67 bits per heavy atom. The molecule has 0 bridgehead atoms. The van der Waals surface area contributed by atoms with Gasteiger partial charge >= 0.3 is 12.0 Å². The van der Waals surface area contributed by atoms with Crippen LogP contribution >= 0.6 is 0 Å². The Labute approximate surface area is 159 Å². The number of nitrogens with zero attached hydrogens (tertiary/aromatic N) is 4. The lowest BCUT2D eigenvalue weighted by Gasteiger charge is -2.36. The van der Waals surface area contributed by atoms with E-state index in [-0.39, 0.29) is 24.0 Å². The Hall–Kier alpha value is -2.12. The van der Waals surface area contributed by atoms with E-state index in [1.165, 1.54) is 25.7 Å². The molecule has 2 fully saturated rings. The Bertz CT molecular complexity index is 704. The minimum Gasteiger partial charge on any atom is -0.481 e. The van der Waals surface area contributed by atoms with E-state index in [9.17, 15) is 9.59 Å². The molecule has 27 heavy (non-hydrogen) atoms. The van der Waals surface area contributed by atoms with Gasteiger partial charge in [0.15, 0.2) is 5.82 Å². The van der Waals surface area contributed by atoms with Gasteiger partial charge in [0.05, 0.1) is 12.0 Å². The number of carboxylic acid groups (broad SMARTS) is 1. The van der Waals surface area contributed by atoms with Gasteiger partial charge in [-0.3, -0.25) is 4.79 Å². The lowest BCUT2D eigenvalue weighted by atomic mass is 9.86. The highest BCUT2D eigenvalue weighted by Crippen LogP contribution is 2.35. The third-order valence-corrected chi connectivity index (χ3v) is 6.60. The normalized spacial score (nSPS) is 28.8. The molecule has 0 saturated heterocycles. The van der Waals surface area contributed by atoms with Gasteiger partial charge in [0.2, 0.25) is 0 Å². The van der Waals surface area contributed by atoms with E-state index in [1.807, 2.05) is 11.8 Å². The van der Waals surface area contributed by atoms with Crippen LogP contribution < -0.4 is 5.32 Å². The molecule has 148 valence electrons. The van der Waals surface area contributed by atoms with Crippen LogP contribution in [0.3, 0.4) is 0 Å². The van der Waals surface area contributed by atoms with E-state index < -0.39 is 5.97 Å². The molecule has 2 amide bonds. The molecule has 2 N–H and O–H groups in total. The van der Waals surface area contributed by atoms with Crippen LogP contribution in [0.25, 0.3) is 0 Å². The highest BCUT2D eigenvalue weighted by molar-refractivity contribution is 5.75. The van der Waals surface area contributed by atoms with Crippen molar-refractivity contribution in [3.05, 3.63) is 11.6 Å². The van der Waals surface area contributed by atoms with Crippen LogP contribution in [0.15, 0.2) is 0 Å². The monoisotopic (exact) mass is 375 g/mol. The smallest absolute Gasteiger partial charge is 0.318 e. The molecule has 2 saturated carbocycles. The molecule has 1 aliphatic heterocycles. The molecular weight excluding hydrogens is 346 g/mol. The first-order valence-electron chi connectivity index (χ1n) is 10.3. The number of nitrogens with one attached hydrogen (secondary N) is 1. The summed E-state index contributed by atoms with van der Waals surface area (Å²) in [5, 5.41) is 21.1. The van der Waals surface area contributed by atoms with Gasteiger partial charge in [0, 0.05) is 25.0 Å². The van der Waals surface area contributed by atoms with Crippen LogP contribution in [0, 0.1) is 5.92 Å². The van der Waals surface area contributed by atoms with Crippen molar-refractivity contribution in [3.63, 3.8) is 0 Å². The summed E-state index contributed by atoms with van der Waals surface area (Å²) >= 11 is 0. The Balaban J connectivity index is 1.38. The third kappa shape index (κ3) is 3.53. The maximum absolute atomic E-state index is 12.8. The van der Waals surface area contributed by atoms with Crippen molar-refractivity contribution in [1.29, 1.82) is 0 Å². The first-order chi connectivity index (χ1) is 13.0. The number of hydrogen-bond acceptors (Lipinski definition) is 4. The van der Waals surface area contributed by atoms with E-state index in [0.29, 0.717) is 25.3 Å². The molecule has 1 aromatic heterocycles. The van der Waals surface area contributed by atoms with Crippen LogP contribution in [-0.4, -0.2) is 49.4 Å². The molecule has 2 heterocycles. The van der Waals surface area contributed by atoms with Crippen LogP contribution in [-0.2, 0) is 11.3 Å². The van der Waals surface area contributed by atoms with Gasteiger partial charge in [-0.25, -0.2) is 4.79 Å². The lowest BCUT2D eigenvalue weighted by Crippen LogP contribution is -2.50. The van der Waals surface area contributed by atoms with E-state index in [0.717, 1.165) is 31.0 Å². The molecule has 0 aromatic carbocycles. The summed E-state index contributed by atoms with van der Waals surface area (Å²) in [4.78, 5) is 25.7. The van der Waals surface area contributed by atoms with Gasteiger partial charge in [-0.05, 0) is 45.4 Å². The van der Waals surface area contributed by atoms with Gasteiger partial charge in [-0.2, -0.15) is 0 Å². The maximum Gasteiger partial charge on any atom is 0.318 e. The Morgan fingerprint density at radius 1 is 1.00 bits per heavy atom. The summed E-state index contributed by atoms with van der Waals surface area (Å²) < 4.78 is 2.22. The van der Waals surface area contributed by atoms with Crippen molar-refractivity contribution in [2.75, 3.05) is 6.54 Å². The summed E-state index contributed by atoms with van der Waals surface area (Å²) in [6, 6.07) is -0.108. The number of carboxylic acids is 1. The van der Waals surface area contributed by atoms with Crippen LogP contribution in [0.2, 0.25) is 0 Å². The number of aromatic nitrogens is 3. The zero-order chi connectivity index (χ0) is 19.0. The number of hydrogen-bond donors (Lipinski definition) is 2. The molecule has 2 aliphatic carbocycles. The molecule has 8 heteroatoms. The first kappa shape index (κ1) is 18.3. The average Bonchev–Trinajstić information content (AvgIpc) is 3.32. The van der Waals surface area contributed by atoms with Gasteiger partial charge < -0.3 is 19.9 Å². The van der Waals surface area contributed by atoms with Gasteiger partial charge in [-0.15, -0.1) is 10.2 Å². The minimum atomic E-state index is -0.721. The van der Waals surface area contributed by atoms with Crippen LogP contribution in [0.1, 0.15) is 81.9 Å². The minimum absolute atomic E-state index is 0.0640. The molecule has 0 radical (unpaired) electrons. The van der Waals surface area contributed by atoms with E-state index in [1.54, 1.807) is 0 Å². The second-order valence-electron chi connectivity index (χ2n) is 8.26. The number of carbonyl (C=O) groups excluding carboxylic acids is 1. The number of fused-ring (bicyclic) bond motifs is 1. The summed E-state index contributed by atoms with van der Waals surface area (Å²) in [6.45, 7) is 3.42. The first-order valence-corrected chi connectivity index (χ1v) is 10.3. The van der Waals surface area contributed by atoms with Crippen molar-refractivity contribution < 1.29 is 14.7 Å². The Kier molecular flexibility index (Phi) is 5.06. The molecule has 3 aliphatic rings. The number of aliphatic carboxylic acids is 1. The van der Waals surface area contributed by atoms with Crippen molar-refractivity contribution in [2.45, 2.75) is 82.8 Å². The highest BCUT2D eigenvalue weighted by Gasteiger charge is 2.35. The molecule has 1 atom stereocenters. The fourth-order valence-electron chi connectivity index (χ4n) is 4.91. The third-order valence-electron chi connectivity index (χ3n) is 6.60. The maximum atomic E-state index is 12.8. The number of carbonyl (C=O) groups is 2. The molecule has 8 nitrogen and oxygen atoms in total. The summed E-state index contributed by atoms with van der Waals surface area (Å²) in [7, 11) is 0. The zero-order valence-corrected chi connectivity index (χ0v) is 15.9. The average molecular weight is 375 g/mol. The standard InChI is InChI=1S/C19H29N5O3/c1-12-16-21-22-17(13-4-2-3-5-13)24(16)11-10-23(12)19(27)20-15-8-6-14(7-9-15)18(25)26/h12-15H,2-11H2,1H3,(H,20,27)(H,25,26). The zero-order valence-electron chi connectivity index (χ0n) is 15.9. The predicted molar refractivity (Wildman–Crippen MR) is 98.3 cm³/mol. The van der Waals surface area contributed by atoms with Crippen molar-refractivity contribution in [1.82, 2.24) is 25.0 Å². The fourth-order valence-corrected chi connectivity index (χ4v) is 4.91. The highest BCUT2D eigenvalue weighted by atomic mass is 16.4. The second-order valence-corrected chi connectivity index (χ2v) is 8.26. The number of urea groups is 1. The van der Waals surface area contributed by atoms with Crippen molar-refractivity contribution >= 4 is 12.0 Å². The summed E-state index contributed by atoms with van der Waals surface area (Å²) in [6.07, 6.45) is 7.64. The summed E-state index contributed by atoms with van der Waals surface area (Å²) in [5.41, 5.74) is 0. The summed E-state index contributed by atoms with van der Waals surface area (Å²) in [5.74, 6) is 1.51. The second kappa shape index (κ2) is 7.48. The Morgan fingerprint density at radius 3 is 2.33 bits per heavy atom. The molecule has 0 spiro atoms. The van der Waals surface area contributed by atoms with Crippen molar-refractivity contribution in [3.8, 4) is 0 Å². The predicted octanol–water partition coefficient (Wildman–Crippen LogP) is 2.67. The molecule has 4 rings (SSSR count). The molecular formula is C19H29N5O3. The van der Waals surface area contributed by atoms with Gasteiger partial charge in [0.25, 0.3) is 0 Å². The number of rotatable bonds is 3. The number of amides is 2.